The molecule has 4 aliphatic rings. The summed E-state index contributed by atoms with van der Waals surface area (Å²) in [5, 5.41) is 17.5. The van der Waals surface area contributed by atoms with E-state index in [1.165, 1.54) is 5.57 Å². The Hall–Kier alpha value is -3.21. The van der Waals surface area contributed by atoms with Crippen LogP contribution in [-0.4, -0.2) is 60.9 Å². The number of allylic oxidation sites excluding steroid dienone is 1. The van der Waals surface area contributed by atoms with Crippen LogP contribution in [0, 0.1) is 22.7 Å². The Morgan fingerprint density at radius 1 is 1.23 bits per heavy atom. The summed E-state index contributed by atoms with van der Waals surface area (Å²) < 4.78 is 5.88. The van der Waals surface area contributed by atoms with E-state index in [0.717, 1.165) is 63.0 Å². The number of likely N-dealkylation sites (tertiary alicyclic amines) is 2. The number of amides is 2. The van der Waals surface area contributed by atoms with E-state index in [-0.39, 0.29) is 35.7 Å². The second kappa shape index (κ2) is 9.44. The number of ether oxygens (including phenoxy) is 1. The molecule has 1 unspecified atom stereocenters. The number of carbonyl (C=O) groups excluding carboxylic acids is 2. The Kier molecular flexibility index (Phi) is 6.35. The summed E-state index contributed by atoms with van der Waals surface area (Å²) in [5.74, 6) is 1.16. The van der Waals surface area contributed by atoms with Crippen LogP contribution in [0.2, 0.25) is 0 Å². The van der Waals surface area contributed by atoms with E-state index in [4.69, 9.17) is 10.00 Å². The molecule has 1 atom stereocenters. The van der Waals surface area contributed by atoms with Gasteiger partial charge in [-0.1, -0.05) is 13.8 Å². The normalized spacial score (nSPS) is 22.7. The molecule has 8 heteroatoms. The van der Waals surface area contributed by atoms with E-state index in [1.54, 1.807) is 12.1 Å². The molecule has 1 aromatic rings. The quantitative estimate of drug-likeness (QED) is 0.642. The highest BCUT2D eigenvalue weighted by molar-refractivity contribution is 5.81. The van der Waals surface area contributed by atoms with Gasteiger partial charge in [-0.05, 0) is 60.9 Å². The second-order valence-electron chi connectivity index (χ2n) is 10.8. The summed E-state index contributed by atoms with van der Waals surface area (Å²) >= 11 is 0. The summed E-state index contributed by atoms with van der Waals surface area (Å²) in [6.45, 7) is 7.82. The average Bonchev–Trinajstić information content (AvgIpc) is 3.33. The molecule has 1 spiro atoms. The predicted molar refractivity (Wildman–Crippen MR) is 130 cm³/mol. The first-order chi connectivity index (χ1) is 16.9. The van der Waals surface area contributed by atoms with Gasteiger partial charge in [-0.15, -0.1) is 0 Å². The topological polar surface area (TPSA) is 98.4 Å². The van der Waals surface area contributed by atoms with E-state index in [2.05, 4.69) is 16.3 Å². The monoisotopic (exact) mass is 475 g/mol. The first-order valence-electron chi connectivity index (χ1n) is 12.7. The highest BCUT2D eigenvalue weighted by Gasteiger charge is 2.48. The minimum Gasteiger partial charge on any atom is -0.483 e. The minimum absolute atomic E-state index is 0.0000887. The standard InChI is InChI=1S/C27H33N5O3/c1-18(2)22-11-19(13-28)3-6-24(22)35-15-25(33)31-9-7-27(8-10-31)16-32(17-27)26(34)20-4-5-21-14-29-30-23(21)12-20/h3,6,11,18,20H,4-5,7-10,12,14-17H2,1-2H3. The summed E-state index contributed by atoms with van der Waals surface area (Å²) in [6.07, 6.45) is 4.43. The fourth-order valence-corrected chi connectivity index (χ4v) is 5.83. The molecular weight excluding hydrogens is 442 g/mol. The number of carbonyl (C=O) groups is 2. The average molecular weight is 476 g/mol. The van der Waals surface area contributed by atoms with E-state index in [1.807, 2.05) is 29.7 Å². The number of rotatable bonds is 5. The molecular formula is C27H33N5O3. The number of azo groups is 1. The molecule has 35 heavy (non-hydrogen) atoms. The van der Waals surface area contributed by atoms with Gasteiger partial charge in [0.2, 0.25) is 5.91 Å². The molecule has 0 N–H and O–H groups in total. The van der Waals surface area contributed by atoms with E-state index in [0.29, 0.717) is 24.4 Å². The van der Waals surface area contributed by atoms with Gasteiger partial charge in [-0.3, -0.25) is 9.59 Å². The highest BCUT2D eigenvalue weighted by Crippen LogP contribution is 2.43. The first-order valence-corrected chi connectivity index (χ1v) is 12.7. The molecule has 0 saturated carbocycles. The van der Waals surface area contributed by atoms with Crippen LogP contribution in [0.4, 0.5) is 0 Å². The molecule has 3 aliphatic heterocycles. The minimum atomic E-state index is -0.0109. The van der Waals surface area contributed by atoms with Crippen molar-refractivity contribution in [2.24, 2.45) is 21.6 Å². The Labute approximate surface area is 206 Å². The summed E-state index contributed by atoms with van der Waals surface area (Å²) in [7, 11) is 0. The predicted octanol–water partition coefficient (Wildman–Crippen LogP) is 4.03. The van der Waals surface area contributed by atoms with Crippen LogP contribution in [0.1, 0.15) is 63.0 Å². The van der Waals surface area contributed by atoms with E-state index >= 15 is 0 Å². The van der Waals surface area contributed by atoms with Crippen LogP contribution in [0.15, 0.2) is 39.7 Å². The summed E-state index contributed by atoms with van der Waals surface area (Å²) in [4.78, 5) is 29.8. The number of piperidine rings is 1. The molecule has 0 bridgehead atoms. The number of hydrogen-bond donors (Lipinski definition) is 0. The molecule has 1 aromatic carbocycles. The SMILES string of the molecule is CC(C)c1cc(C#N)ccc1OCC(=O)N1CCC2(CC1)CN(C(=O)C1CCC3=C(C1)N=NC3)C2. The van der Waals surface area contributed by atoms with Crippen molar-refractivity contribution in [1.29, 1.82) is 5.26 Å². The zero-order valence-electron chi connectivity index (χ0n) is 20.6. The van der Waals surface area contributed by atoms with Gasteiger partial charge in [-0.25, -0.2) is 0 Å². The van der Waals surface area contributed by atoms with Gasteiger partial charge >= 0.3 is 0 Å². The maximum absolute atomic E-state index is 13.0. The Bertz CT molecular complexity index is 1120. The Morgan fingerprint density at radius 2 is 2.00 bits per heavy atom. The van der Waals surface area contributed by atoms with Gasteiger partial charge in [-0.2, -0.15) is 15.5 Å². The van der Waals surface area contributed by atoms with Crippen LogP contribution in [0.3, 0.4) is 0 Å². The Balaban J connectivity index is 1.09. The molecule has 1 aliphatic carbocycles. The fraction of sp³-hybridized carbons (Fsp3) is 0.593. The summed E-state index contributed by atoms with van der Waals surface area (Å²) in [5.41, 5.74) is 4.04. The lowest BCUT2D eigenvalue weighted by atomic mass is 9.71. The molecule has 2 amide bonds. The van der Waals surface area contributed by atoms with Crippen molar-refractivity contribution in [3.63, 3.8) is 0 Å². The largest absolute Gasteiger partial charge is 0.483 e. The van der Waals surface area contributed by atoms with Crippen LogP contribution < -0.4 is 4.74 Å². The third kappa shape index (κ3) is 4.69. The number of benzene rings is 1. The molecule has 8 nitrogen and oxygen atoms in total. The maximum atomic E-state index is 13.0. The second-order valence-corrected chi connectivity index (χ2v) is 10.8. The molecule has 184 valence electrons. The molecule has 2 saturated heterocycles. The van der Waals surface area contributed by atoms with Crippen molar-refractivity contribution in [1.82, 2.24) is 9.80 Å². The van der Waals surface area contributed by atoms with Crippen molar-refractivity contribution in [3.05, 3.63) is 40.6 Å². The molecule has 2 fully saturated rings. The van der Waals surface area contributed by atoms with Gasteiger partial charge in [0.05, 0.1) is 23.9 Å². The van der Waals surface area contributed by atoms with Gasteiger partial charge in [0.1, 0.15) is 5.75 Å². The molecule has 5 rings (SSSR count). The van der Waals surface area contributed by atoms with Crippen LogP contribution >= 0.6 is 0 Å². The van der Waals surface area contributed by atoms with Crippen LogP contribution in [0.5, 0.6) is 5.75 Å². The molecule has 3 heterocycles. The van der Waals surface area contributed by atoms with Crippen molar-refractivity contribution < 1.29 is 14.3 Å². The lowest BCUT2D eigenvalue weighted by Gasteiger charge is -2.54. The van der Waals surface area contributed by atoms with Gasteiger partial charge < -0.3 is 14.5 Å². The van der Waals surface area contributed by atoms with Crippen molar-refractivity contribution in [2.75, 3.05) is 39.3 Å². The zero-order chi connectivity index (χ0) is 24.6. The molecule has 0 aromatic heterocycles. The third-order valence-electron chi connectivity index (χ3n) is 8.10. The smallest absolute Gasteiger partial charge is 0.260 e. The highest BCUT2D eigenvalue weighted by atomic mass is 16.5. The van der Waals surface area contributed by atoms with Gasteiger partial charge in [0.15, 0.2) is 6.61 Å². The number of nitrogens with zero attached hydrogens (tertiary/aromatic N) is 5. The van der Waals surface area contributed by atoms with E-state index in [9.17, 15) is 9.59 Å². The van der Waals surface area contributed by atoms with Gasteiger partial charge in [0.25, 0.3) is 5.91 Å². The molecule has 0 radical (unpaired) electrons. The zero-order valence-corrected chi connectivity index (χ0v) is 20.6. The Morgan fingerprint density at radius 3 is 2.71 bits per heavy atom. The van der Waals surface area contributed by atoms with Crippen molar-refractivity contribution in [2.45, 2.75) is 51.9 Å². The fourth-order valence-electron chi connectivity index (χ4n) is 5.83. The van der Waals surface area contributed by atoms with E-state index < -0.39 is 0 Å². The number of nitriles is 1. The summed E-state index contributed by atoms with van der Waals surface area (Å²) in [6, 6.07) is 7.50. The van der Waals surface area contributed by atoms with Crippen molar-refractivity contribution >= 4 is 11.8 Å². The first kappa shape index (κ1) is 23.5. The third-order valence-corrected chi connectivity index (χ3v) is 8.10. The van der Waals surface area contributed by atoms with Gasteiger partial charge in [0, 0.05) is 43.9 Å². The van der Waals surface area contributed by atoms with Crippen LogP contribution in [-0.2, 0) is 9.59 Å². The number of hydrogen-bond acceptors (Lipinski definition) is 6. The lowest BCUT2D eigenvalue weighted by Crippen LogP contribution is -2.63. The van der Waals surface area contributed by atoms with Crippen LogP contribution in [0.25, 0.3) is 0 Å². The maximum Gasteiger partial charge on any atom is 0.260 e. The van der Waals surface area contributed by atoms with Crippen molar-refractivity contribution in [3.8, 4) is 11.8 Å². The lowest BCUT2D eigenvalue weighted by molar-refractivity contribution is -0.154.